The molecule has 2 rings (SSSR count). The van der Waals surface area contributed by atoms with Crippen molar-refractivity contribution in [1.82, 2.24) is 9.97 Å². The minimum Gasteiger partial charge on any atom is -0.377 e. The van der Waals surface area contributed by atoms with Gasteiger partial charge in [0.15, 0.2) is 5.82 Å². The largest absolute Gasteiger partial charge is 0.377 e. The number of rotatable bonds is 8. The SMILES string of the molecule is C=CCOCCSc1cccc(Nc2nc(Cl)ncc2Cl)c1. The zero-order chi connectivity index (χ0) is 15.8. The van der Waals surface area contributed by atoms with E-state index in [1.165, 1.54) is 6.20 Å². The highest BCUT2D eigenvalue weighted by Crippen LogP contribution is 2.26. The van der Waals surface area contributed by atoms with E-state index >= 15 is 0 Å². The summed E-state index contributed by atoms with van der Waals surface area (Å²) < 4.78 is 5.36. The summed E-state index contributed by atoms with van der Waals surface area (Å²) in [4.78, 5) is 9.02. The molecule has 1 aromatic carbocycles. The van der Waals surface area contributed by atoms with Crippen molar-refractivity contribution in [3.63, 3.8) is 0 Å². The van der Waals surface area contributed by atoms with Gasteiger partial charge in [0.05, 0.1) is 19.4 Å². The fourth-order valence-corrected chi connectivity index (χ4v) is 2.71. The van der Waals surface area contributed by atoms with Crippen molar-refractivity contribution in [2.24, 2.45) is 0 Å². The van der Waals surface area contributed by atoms with Crippen LogP contribution in [0, 0.1) is 0 Å². The van der Waals surface area contributed by atoms with Crippen LogP contribution in [0.5, 0.6) is 0 Å². The number of thioether (sulfide) groups is 1. The lowest BCUT2D eigenvalue weighted by atomic mass is 10.3. The van der Waals surface area contributed by atoms with Crippen molar-refractivity contribution in [1.29, 1.82) is 0 Å². The molecule has 0 saturated heterocycles. The van der Waals surface area contributed by atoms with Gasteiger partial charge in [-0.25, -0.2) is 4.98 Å². The minimum absolute atomic E-state index is 0.150. The molecule has 116 valence electrons. The van der Waals surface area contributed by atoms with Gasteiger partial charge >= 0.3 is 0 Å². The van der Waals surface area contributed by atoms with Gasteiger partial charge in [0.2, 0.25) is 5.28 Å². The predicted molar refractivity (Wildman–Crippen MR) is 93.5 cm³/mol. The third-order valence-electron chi connectivity index (χ3n) is 2.54. The fourth-order valence-electron chi connectivity index (χ4n) is 1.62. The second-order valence-electron chi connectivity index (χ2n) is 4.20. The van der Waals surface area contributed by atoms with Gasteiger partial charge < -0.3 is 10.1 Å². The Labute approximate surface area is 143 Å². The number of anilines is 2. The third-order valence-corrected chi connectivity index (χ3v) is 3.96. The minimum atomic E-state index is 0.150. The molecule has 4 nitrogen and oxygen atoms in total. The van der Waals surface area contributed by atoms with E-state index < -0.39 is 0 Å². The summed E-state index contributed by atoms with van der Waals surface area (Å²) >= 11 is 13.5. The third kappa shape index (κ3) is 5.50. The standard InChI is InChI=1S/C15H15Cl2N3OS/c1-2-6-21-7-8-22-12-5-3-4-11(9-12)19-14-13(16)10-18-15(17)20-14/h2-5,9-10H,1,6-8H2,(H,18,19,20). The summed E-state index contributed by atoms with van der Waals surface area (Å²) in [5.74, 6) is 1.36. The monoisotopic (exact) mass is 355 g/mol. The van der Waals surface area contributed by atoms with Crippen LogP contribution in [0.2, 0.25) is 10.3 Å². The normalized spacial score (nSPS) is 10.5. The maximum atomic E-state index is 6.04. The summed E-state index contributed by atoms with van der Waals surface area (Å²) in [5.41, 5.74) is 0.883. The first-order valence-corrected chi connectivity index (χ1v) is 8.30. The highest BCUT2D eigenvalue weighted by Gasteiger charge is 2.05. The molecule has 0 bridgehead atoms. The molecule has 0 aliphatic heterocycles. The van der Waals surface area contributed by atoms with Crippen molar-refractivity contribution in [2.75, 3.05) is 24.3 Å². The molecule has 0 amide bonds. The Bertz CT molecular complexity index is 640. The highest BCUT2D eigenvalue weighted by molar-refractivity contribution is 7.99. The summed E-state index contributed by atoms with van der Waals surface area (Å²) in [5, 5.41) is 3.71. The van der Waals surface area contributed by atoms with Gasteiger partial charge in [0.25, 0.3) is 0 Å². The van der Waals surface area contributed by atoms with Gasteiger partial charge in [-0.3, -0.25) is 0 Å². The van der Waals surface area contributed by atoms with Gasteiger partial charge in [-0.15, -0.1) is 18.3 Å². The zero-order valence-corrected chi connectivity index (χ0v) is 14.1. The first-order chi connectivity index (χ1) is 10.7. The summed E-state index contributed by atoms with van der Waals surface area (Å²) in [7, 11) is 0. The summed E-state index contributed by atoms with van der Waals surface area (Å²) in [6.45, 7) is 4.87. The molecule has 0 saturated carbocycles. The number of nitrogens with zero attached hydrogens (tertiary/aromatic N) is 2. The van der Waals surface area contributed by atoms with E-state index in [9.17, 15) is 0 Å². The Balaban J connectivity index is 1.96. The van der Waals surface area contributed by atoms with E-state index in [1.807, 2.05) is 24.3 Å². The Morgan fingerprint density at radius 2 is 2.23 bits per heavy atom. The number of hydrogen-bond acceptors (Lipinski definition) is 5. The summed E-state index contributed by atoms with van der Waals surface area (Å²) in [6, 6.07) is 7.96. The Morgan fingerprint density at radius 3 is 3.05 bits per heavy atom. The maximum absolute atomic E-state index is 6.04. The van der Waals surface area contributed by atoms with Crippen LogP contribution in [-0.4, -0.2) is 28.9 Å². The van der Waals surface area contributed by atoms with E-state index in [0.717, 1.165) is 16.3 Å². The number of hydrogen-bond donors (Lipinski definition) is 1. The molecule has 1 aromatic heterocycles. The van der Waals surface area contributed by atoms with E-state index in [-0.39, 0.29) is 5.28 Å². The second kappa shape index (κ2) is 9.00. The van der Waals surface area contributed by atoms with Crippen LogP contribution in [0.4, 0.5) is 11.5 Å². The number of ether oxygens (including phenoxy) is 1. The van der Waals surface area contributed by atoms with E-state index in [1.54, 1.807) is 17.8 Å². The van der Waals surface area contributed by atoms with Crippen LogP contribution in [0.3, 0.4) is 0 Å². The number of nitrogens with one attached hydrogen (secondary N) is 1. The molecular weight excluding hydrogens is 341 g/mol. The van der Waals surface area contributed by atoms with Crippen LogP contribution in [0.1, 0.15) is 0 Å². The molecule has 1 heterocycles. The first-order valence-electron chi connectivity index (χ1n) is 6.55. The highest BCUT2D eigenvalue weighted by atomic mass is 35.5. The molecular formula is C15H15Cl2N3OS. The topological polar surface area (TPSA) is 47.0 Å². The van der Waals surface area contributed by atoms with Gasteiger partial charge in [0.1, 0.15) is 5.02 Å². The van der Waals surface area contributed by atoms with E-state index in [2.05, 4.69) is 21.9 Å². The molecule has 0 aliphatic rings. The Kier molecular flexibility index (Phi) is 6.99. The zero-order valence-electron chi connectivity index (χ0n) is 11.8. The lowest BCUT2D eigenvalue weighted by Crippen LogP contribution is -1.98. The van der Waals surface area contributed by atoms with Crippen LogP contribution in [0.15, 0.2) is 48.0 Å². The maximum Gasteiger partial charge on any atom is 0.224 e. The Hall–Kier alpha value is -1.27. The van der Waals surface area contributed by atoms with Crippen LogP contribution < -0.4 is 5.32 Å². The van der Waals surface area contributed by atoms with Crippen molar-refractivity contribution in [3.8, 4) is 0 Å². The van der Waals surface area contributed by atoms with Crippen molar-refractivity contribution < 1.29 is 4.74 Å². The fraction of sp³-hybridized carbons (Fsp3) is 0.200. The molecule has 0 unspecified atom stereocenters. The van der Waals surface area contributed by atoms with Gasteiger partial charge in [-0.1, -0.05) is 23.7 Å². The lowest BCUT2D eigenvalue weighted by molar-refractivity contribution is 0.180. The molecule has 2 aromatic rings. The van der Waals surface area contributed by atoms with Crippen LogP contribution >= 0.6 is 35.0 Å². The quantitative estimate of drug-likeness (QED) is 0.318. The number of benzene rings is 1. The molecule has 22 heavy (non-hydrogen) atoms. The van der Waals surface area contributed by atoms with Crippen LogP contribution in [0.25, 0.3) is 0 Å². The van der Waals surface area contributed by atoms with Crippen molar-refractivity contribution in [2.45, 2.75) is 4.90 Å². The predicted octanol–water partition coefficient (Wildman–Crippen LogP) is 4.82. The van der Waals surface area contributed by atoms with Gasteiger partial charge in [-0.2, -0.15) is 4.98 Å². The average molecular weight is 356 g/mol. The number of aromatic nitrogens is 2. The van der Waals surface area contributed by atoms with Gasteiger partial charge in [-0.05, 0) is 29.8 Å². The van der Waals surface area contributed by atoms with E-state index in [4.69, 9.17) is 27.9 Å². The molecule has 0 fully saturated rings. The molecule has 7 heteroatoms. The Morgan fingerprint density at radius 1 is 1.36 bits per heavy atom. The van der Waals surface area contributed by atoms with Crippen molar-refractivity contribution >= 4 is 46.5 Å². The van der Waals surface area contributed by atoms with E-state index in [0.29, 0.717) is 24.1 Å². The second-order valence-corrected chi connectivity index (χ2v) is 6.11. The number of halogens is 2. The smallest absolute Gasteiger partial charge is 0.224 e. The molecule has 0 aliphatic carbocycles. The lowest BCUT2D eigenvalue weighted by Gasteiger charge is -2.09. The van der Waals surface area contributed by atoms with Crippen molar-refractivity contribution in [3.05, 3.63) is 53.4 Å². The molecule has 1 N–H and O–H groups in total. The van der Waals surface area contributed by atoms with Crippen LogP contribution in [-0.2, 0) is 4.74 Å². The molecule has 0 atom stereocenters. The molecule has 0 spiro atoms. The summed E-state index contributed by atoms with van der Waals surface area (Å²) in [6.07, 6.45) is 3.21. The first kappa shape index (κ1) is 17.1. The average Bonchev–Trinajstić information content (AvgIpc) is 2.51. The van der Waals surface area contributed by atoms with Gasteiger partial charge in [0, 0.05) is 16.3 Å². The molecule has 0 radical (unpaired) electrons.